The molecule has 0 saturated carbocycles. The molecule has 0 amide bonds. The molecule has 0 aliphatic rings. The molecule has 0 aromatic carbocycles. The molecule has 0 atom stereocenters. The third kappa shape index (κ3) is 5.50. The molecule has 0 unspecified atom stereocenters. The summed E-state index contributed by atoms with van der Waals surface area (Å²) in [6.07, 6.45) is 5.58. The highest BCUT2D eigenvalue weighted by Gasteiger charge is 2.12. The summed E-state index contributed by atoms with van der Waals surface area (Å²) in [5.41, 5.74) is 5.40. The summed E-state index contributed by atoms with van der Waals surface area (Å²) in [6.45, 7) is 2.20. The summed E-state index contributed by atoms with van der Waals surface area (Å²) in [4.78, 5) is 20.2. The van der Waals surface area contributed by atoms with Crippen LogP contribution in [-0.4, -0.2) is 48.0 Å². The first-order chi connectivity index (χ1) is 13.5. The van der Waals surface area contributed by atoms with Crippen molar-refractivity contribution in [1.82, 2.24) is 19.9 Å². The van der Waals surface area contributed by atoms with Gasteiger partial charge >= 0.3 is 0 Å². The van der Waals surface area contributed by atoms with Crippen molar-refractivity contribution in [3.05, 3.63) is 78.1 Å². The van der Waals surface area contributed by atoms with Crippen LogP contribution in [0.15, 0.2) is 61.1 Å². The Morgan fingerprint density at radius 3 is 1.57 bits per heavy atom. The number of rotatable bonds is 8. The van der Waals surface area contributed by atoms with Crippen LogP contribution >= 0.6 is 0 Å². The maximum Gasteiger partial charge on any atom is 0.0564 e. The largest absolute Gasteiger partial charge is 0.378 e. The standard InChI is InChI=1S/C22H28N6/c1-26(2)21-8-11-24-19(13-21)16-28(15-18-7-5-6-10-23-18)17-20-14-22(27(3)4)9-12-25-20/h5-14H,15-17H2,1-4H3. The summed E-state index contributed by atoms with van der Waals surface area (Å²) in [6, 6.07) is 14.3. The monoisotopic (exact) mass is 376 g/mol. The Morgan fingerprint density at radius 2 is 1.11 bits per heavy atom. The van der Waals surface area contributed by atoms with Crippen molar-refractivity contribution >= 4 is 11.4 Å². The zero-order valence-corrected chi connectivity index (χ0v) is 17.1. The molecule has 0 aliphatic heterocycles. The van der Waals surface area contributed by atoms with Crippen LogP contribution in [0.25, 0.3) is 0 Å². The summed E-state index contributed by atoms with van der Waals surface area (Å²) in [5, 5.41) is 0. The molecule has 146 valence electrons. The van der Waals surface area contributed by atoms with E-state index in [1.807, 2.05) is 71.0 Å². The van der Waals surface area contributed by atoms with E-state index in [-0.39, 0.29) is 0 Å². The average molecular weight is 377 g/mol. The minimum absolute atomic E-state index is 0.728. The number of aromatic nitrogens is 3. The first-order valence-electron chi connectivity index (χ1n) is 9.38. The van der Waals surface area contributed by atoms with Gasteiger partial charge in [-0.1, -0.05) is 6.07 Å². The predicted octanol–water partition coefficient (Wildman–Crippen LogP) is 3.21. The maximum absolute atomic E-state index is 4.57. The molecule has 0 fully saturated rings. The quantitative estimate of drug-likeness (QED) is 0.602. The van der Waals surface area contributed by atoms with E-state index >= 15 is 0 Å². The van der Waals surface area contributed by atoms with Gasteiger partial charge in [0.15, 0.2) is 0 Å². The van der Waals surface area contributed by atoms with Gasteiger partial charge in [0.2, 0.25) is 0 Å². The molecule has 6 heteroatoms. The van der Waals surface area contributed by atoms with Gasteiger partial charge in [0.1, 0.15) is 0 Å². The van der Waals surface area contributed by atoms with Crippen LogP contribution < -0.4 is 9.80 Å². The maximum atomic E-state index is 4.57. The topological polar surface area (TPSA) is 48.4 Å². The lowest BCUT2D eigenvalue weighted by Crippen LogP contribution is -2.24. The van der Waals surface area contributed by atoms with Crippen LogP contribution in [0.3, 0.4) is 0 Å². The van der Waals surface area contributed by atoms with Crippen molar-refractivity contribution in [3.63, 3.8) is 0 Å². The van der Waals surface area contributed by atoms with E-state index in [4.69, 9.17) is 0 Å². The molecule has 0 N–H and O–H groups in total. The molecule has 3 heterocycles. The zero-order valence-electron chi connectivity index (χ0n) is 17.1. The fourth-order valence-corrected chi connectivity index (χ4v) is 3.01. The highest BCUT2D eigenvalue weighted by molar-refractivity contribution is 5.45. The molecule has 6 nitrogen and oxygen atoms in total. The normalized spacial score (nSPS) is 10.9. The Bertz CT molecular complexity index is 825. The van der Waals surface area contributed by atoms with E-state index in [0.29, 0.717) is 0 Å². The van der Waals surface area contributed by atoms with Crippen molar-refractivity contribution in [2.45, 2.75) is 19.6 Å². The lowest BCUT2D eigenvalue weighted by Gasteiger charge is -2.23. The summed E-state index contributed by atoms with van der Waals surface area (Å²) < 4.78 is 0. The van der Waals surface area contributed by atoms with Crippen molar-refractivity contribution < 1.29 is 0 Å². The SMILES string of the molecule is CN(C)c1ccnc(CN(Cc2ccccn2)Cc2cc(N(C)C)ccn2)c1. The van der Waals surface area contributed by atoms with Gasteiger partial charge in [-0.25, -0.2) is 0 Å². The smallest absolute Gasteiger partial charge is 0.0564 e. The molecule has 0 radical (unpaired) electrons. The van der Waals surface area contributed by atoms with Crippen LogP contribution in [0.5, 0.6) is 0 Å². The summed E-state index contributed by atoms with van der Waals surface area (Å²) >= 11 is 0. The second-order valence-electron chi connectivity index (χ2n) is 7.27. The number of nitrogens with zero attached hydrogens (tertiary/aromatic N) is 6. The summed E-state index contributed by atoms with van der Waals surface area (Å²) in [7, 11) is 8.17. The molecule has 3 aromatic rings. The number of hydrogen-bond donors (Lipinski definition) is 0. The minimum Gasteiger partial charge on any atom is -0.378 e. The third-order valence-electron chi connectivity index (χ3n) is 4.52. The predicted molar refractivity (Wildman–Crippen MR) is 114 cm³/mol. The van der Waals surface area contributed by atoms with Crippen LogP contribution in [-0.2, 0) is 19.6 Å². The van der Waals surface area contributed by atoms with Gasteiger partial charge in [0.05, 0.1) is 17.1 Å². The molecule has 0 spiro atoms. The van der Waals surface area contributed by atoms with Crippen molar-refractivity contribution in [3.8, 4) is 0 Å². The highest BCUT2D eigenvalue weighted by atomic mass is 15.1. The van der Waals surface area contributed by atoms with Gasteiger partial charge in [0.25, 0.3) is 0 Å². The van der Waals surface area contributed by atoms with Crippen LogP contribution in [0.2, 0.25) is 0 Å². The molecular weight excluding hydrogens is 348 g/mol. The molecule has 28 heavy (non-hydrogen) atoms. The van der Waals surface area contributed by atoms with E-state index in [0.717, 1.165) is 48.1 Å². The lowest BCUT2D eigenvalue weighted by atomic mass is 10.2. The number of anilines is 2. The van der Waals surface area contributed by atoms with Gasteiger partial charge in [-0.3, -0.25) is 19.9 Å². The Hall–Kier alpha value is -2.99. The minimum atomic E-state index is 0.728. The number of pyridine rings is 3. The lowest BCUT2D eigenvalue weighted by molar-refractivity contribution is 0.239. The van der Waals surface area contributed by atoms with Gasteiger partial charge < -0.3 is 9.80 Å². The van der Waals surface area contributed by atoms with Gasteiger partial charge in [-0.15, -0.1) is 0 Å². The fraction of sp³-hybridized carbons (Fsp3) is 0.318. The first-order valence-corrected chi connectivity index (χ1v) is 9.38. The molecule has 0 saturated heterocycles. The second kappa shape index (κ2) is 9.28. The van der Waals surface area contributed by atoms with Crippen molar-refractivity contribution in [1.29, 1.82) is 0 Å². The number of hydrogen-bond acceptors (Lipinski definition) is 6. The Balaban J connectivity index is 1.82. The van der Waals surface area contributed by atoms with E-state index in [2.05, 4.69) is 47.9 Å². The van der Waals surface area contributed by atoms with Crippen LogP contribution in [0, 0.1) is 0 Å². The Morgan fingerprint density at radius 1 is 0.607 bits per heavy atom. The highest BCUT2D eigenvalue weighted by Crippen LogP contribution is 2.17. The average Bonchev–Trinajstić information content (AvgIpc) is 2.69. The van der Waals surface area contributed by atoms with Gasteiger partial charge in [0, 0.05) is 77.8 Å². The van der Waals surface area contributed by atoms with E-state index in [9.17, 15) is 0 Å². The molecule has 0 aliphatic carbocycles. The second-order valence-corrected chi connectivity index (χ2v) is 7.27. The van der Waals surface area contributed by atoms with Crippen molar-refractivity contribution in [2.75, 3.05) is 38.0 Å². The Kier molecular flexibility index (Phi) is 6.55. The van der Waals surface area contributed by atoms with Gasteiger partial charge in [-0.05, 0) is 36.4 Å². The first kappa shape index (κ1) is 19.8. The van der Waals surface area contributed by atoms with Crippen LogP contribution in [0.1, 0.15) is 17.1 Å². The summed E-state index contributed by atoms with van der Waals surface area (Å²) in [5.74, 6) is 0. The molecule has 3 rings (SSSR count). The van der Waals surface area contributed by atoms with Crippen LogP contribution in [0.4, 0.5) is 11.4 Å². The van der Waals surface area contributed by atoms with E-state index < -0.39 is 0 Å². The molecule has 0 bridgehead atoms. The van der Waals surface area contributed by atoms with Crippen molar-refractivity contribution in [2.24, 2.45) is 0 Å². The third-order valence-corrected chi connectivity index (χ3v) is 4.52. The van der Waals surface area contributed by atoms with E-state index in [1.54, 1.807) is 0 Å². The molecule has 3 aromatic heterocycles. The molecular formula is C22H28N6. The van der Waals surface area contributed by atoms with E-state index in [1.165, 1.54) is 0 Å². The fourth-order valence-electron chi connectivity index (χ4n) is 3.01. The zero-order chi connectivity index (χ0) is 19.9. The van der Waals surface area contributed by atoms with Gasteiger partial charge in [-0.2, -0.15) is 0 Å². The Labute approximate surface area is 167 Å².